The molecule has 7 heterocycles. The van der Waals surface area contributed by atoms with Crippen molar-refractivity contribution in [1.82, 2.24) is 9.97 Å². The van der Waals surface area contributed by atoms with Gasteiger partial charge in [-0.3, -0.25) is 0 Å². The summed E-state index contributed by atoms with van der Waals surface area (Å²) < 4.78 is 32.9. The topological polar surface area (TPSA) is 91.5 Å². The highest BCUT2D eigenvalue weighted by atomic mass is 16.3. The number of para-hydroxylation sites is 6. The molecule has 7 nitrogen and oxygen atoms in total. The van der Waals surface area contributed by atoms with E-state index in [0.29, 0.717) is 0 Å². The molecule has 0 saturated heterocycles. The van der Waals surface area contributed by atoms with E-state index in [2.05, 4.69) is 388 Å². The van der Waals surface area contributed by atoms with Crippen molar-refractivity contribution in [3.05, 3.63) is 437 Å². The standard InChI is InChI=1S/C124H72N2O5/c1-2-18-77(19-3-1)111-71-91(89-60-85(81-49-54-119-107(65-81)101-25-9-12-32-115(101)127-119)58-86(61-89)82-50-55-120-108(66-82)102-26-10-13-33-116(102)128-120)72-114(126-111)92-62-87(83-51-56-121-109(67-83)103-27-11-14-34-117(103)129-121)59-88(63-92)84-52-57-122-110(68-84)105-31-17-29-94(124(105)131-122)76-42-46-79(47-43-76)113-70-90(74-36-40-75(41-37-74)93-28-16-30-104-100-24-8-15-35-118(100)130-123(93)104)69-112(125-113)78-44-38-73(39-45-78)80-48-53-99-97-22-5-4-20-95(97)96-21-6-7-23-98(96)106(99)64-80/h1-72H. The molecule has 0 amide bonds. The second kappa shape index (κ2) is 29.6. The Hall–Kier alpha value is -17.5. The maximum absolute atomic E-state index is 7.09. The average molecular weight is 1670 g/mol. The van der Waals surface area contributed by atoms with Gasteiger partial charge in [0, 0.05) is 87.2 Å². The summed E-state index contributed by atoms with van der Waals surface area (Å²) in [6, 6.07) is 157. The largest absolute Gasteiger partial charge is 0.456 e. The van der Waals surface area contributed by atoms with Crippen LogP contribution in [0.3, 0.4) is 0 Å². The zero-order chi connectivity index (χ0) is 85.9. The molecule has 0 spiro atoms. The second-order valence-corrected chi connectivity index (χ2v) is 34.5. The van der Waals surface area contributed by atoms with E-state index in [4.69, 9.17) is 32.1 Å². The Kier molecular flexibility index (Phi) is 16.6. The van der Waals surface area contributed by atoms with Gasteiger partial charge in [0.2, 0.25) is 0 Å². The van der Waals surface area contributed by atoms with E-state index < -0.39 is 0 Å². The highest BCUT2D eigenvalue weighted by Gasteiger charge is 2.23. The summed E-state index contributed by atoms with van der Waals surface area (Å²) in [6.07, 6.45) is 0. The number of rotatable bonds is 13. The first-order valence-electron chi connectivity index (χ1n) is 44.5. The zero-order valence-corrected chi connectivity index (χ0v) is 70.5. The predicted octanol–water partition coefficient (Wildman–Crippen LogP) is 35.1. The van der Waals surface area contributed by atoms with Crippen LogP contribution in [0.1, 0.15) is 0 Å². The molecule has 0 radical (unpaired) electrons. The number of aromatic nitrogens is 2. The van der Waals surface area contributed by atoms with Crippen molar-refractivity contribution < 1.29 is 22.1 Å². The molecule has 0 N–H and O–H groups in total. The minimum Gasteiger partial charge on any atom is -0.456 e. The zero-order valence-electron chi connectivity index (χ0n) is 70.5. The van der Waals surface area contributed by atoms with Crippen LogP contribution in [0.4, 0.5) is 0 Å². The Labute approximate surface area is 750 Å². The van der Waals surface area contributed by atoms with Crippen LogP contribution in [0.15, 0.2) is 459 Å². The van der Waals surface area contributed by atoms with Crippen LogP contribution in [0.25, 0.3) is 287 Å². The maximum atomic E-state index is 7.09. The molecule has 7 aromatic heterocycles. The first-order chi connectivity index (χ1) is 64.8. The van der Waals surface area contributed by atoms with Crippen LogP contribution in [0.2, 0.25) is 0 Å². The Balaban J connectivity index is 0.568. The lowest BCUT2D eigenvalue weighted by atomic mass is 9.90. The van der Waals surface area contributed by atoms with Crippen molar-refractivity contribution >= 4 is 142 Å². The minimum absolute atomic E-state index is 0.793. The molecule has 27 rings (SSSR count). The van der Waals surface area contributed by atoms with Gasteiger partial charge in [-0.15, -0.1) is 0 Å². The molecule has 0 saturated carbocycles. The van der Waals surface area contributed by atoms with Crippen molar-refractivity contribution in [2.24, 2.45) is 0 Å². The number of hydrogen-bond donors (Lipinski definition) is 0. The summed E-state index contributed by atoms with van der Waals surface area (Å²) in [6.45, 7) is 0. The lowest BCUT2D eigenvalue weighted by molar-refractivity contribution is 0.668. The molecule has 7 heteroatoms. The Morgan fingerprint density at radius 1 is 0.115 bits per heavy atom. The molecule has 0 fully saturated rings. The fraction of sp³-hybridized carbons (Fsp3) is 0. The van der Waals surface area contributed by atoms with Crippen LogP contribution in [-0.4, -0.2) is 9.97 Å². The first-order valence-corrected chi connectivity index (χ1v) is 44.5. The van der Waals surface area contributed by atoms with Gasteiger partial charge in [0.25, 0.3) is 0 Å². The Morgan fingerprint density at radius 2 is 0.351 bits per heavy atom. The van der Waals surface area contributed by atoms with E-state index in [1.54, 1.807) is 0 Å². The van der Waals surface area contributed by atoms with E-state index in [9.17, 15) is 0 Å². The highest BCUT2D eigenvalue weighted by Crippen LogP contribution is 2.48. The van der Waals surface area contributed by atoms with Crippen molar-refractivity contribution in [2.75, 3.05) is 0 Å². The number of benzene rings is 20. The van der Waals surface area contributed by atoms with Crippen molar-refractivity contribution in [3.8, 4) is 145 Å². The molecule has 0 unspecified atom stereocenters. The van der Waals surface area contributed by atoms with Gasteiger partial charge in [-0.05, 0) is 261 Å². The van der Waals surface area contributed by atoms with E-state index in [1.807, 2.05) is 48.5 Å². The lowest BCUT2D eigenvalue weighted by Gasteiger charge is -2.16. The van der Waals surface area contributed by atoms with Crippen molar-refractivity contribution in [2.45, 2.75) is 0 Å². The highest BCUT2D eigenvalue weighted by molar-refractivity contribution is 6.26. The predicted molar refractivity (Wildman–Crippen MR) is 542 cm³/mol. The Bertz CT molecular complexity index is 9240. The second-order valence-electron chi connectivity index (χ2n) is 34.5. The molecule has 0 aliphatic carbocycles. The Morgan fingerprint density at radius 3 is 0.779 bits per heavy atom. The molecule has 131 heavy (non-hydrogen) atoms. The number of hydrogen-bond acceptors (Lipinski definition) is 7. The fourth-order valence-electron chi connectivity index (χ4n) is 20.3. The average Bonchev–Trinajstić information content (AvgIpc) is 0.780. The maximum Gasteiger partial charge on any atom is 0.143 e. The van der Waals surface area contributed by atoms with Gasteiger partial charge >= 0.3 is 0 Å². The summed E-state index contributed by atoms with van der Waals surface area (Å²) in [4.78, 5) is 11.2. The van der Waals surface area contributed by atoms with Gasteiger partial charge < -0.3 is 22.1 Å². The molecule has 0 bridgehead atoms. The SMILES string of the molecule is c1ccc(-c2cc(-c3cc(-c4ccc5oc6ccccc6c5c4)cc(-c4ccc5oc6ccccc6c5c4)c3)cc(-c3cc(-c4ccc5oc6ccccc6c5c4)cc(-c4ccc5oc6c(-c7ccc(-c8cc(-c9ccc(-c%10cccc%11c%10oc%10ccccc%10%11)cc9)cc(-c9ccc(-c%10ccc%11c%12ccccc%12c%12ccccc%12c%11c%10)cc9)n8)cc7)cccc6c5c4)c3)n2)cc1. The van der Waals surface area contributed by atoms with Gasteiger partial charge in [0.1, 0.15) is 55.8 Å². The monoisotopic (exact) mass is 1670 g/mol. The summed E-state index contributed by atoms with van der Waals surface area (Å²) in [5, 5.41) is 18.2. The fourth-order valence-corrected chi connectivity index (χ4v) is 20.3. The van der Waals surface area contributed by atoms with E-state index in [0.717, 1.165) is 255 Å². The van der Waals surface area contributed by atoms with Crippen LogP contribution in [-0.2, 0) is 0 Å². The smallest absolute Gasteiger partial charge is 0.143 e. The number of pyridine rings is 2. The molecule has 0 aliphatic heterocycles. The summed E-state index contributed by atoms with van der Waals surface area (Å²) in [5.74, 6) is 0. The third kappa shape index (κ3) is 12.5. The summed E-state index contributed by atoms with van der Waals surface area (Å²) in [7, 11) is 0. The van der Waals surface area contributed by atoms with Gasteiger partial charge in [-0.2, -0.15) is 0 Å². The summed E-state index contributed by atoms with van der Waals surface area (Å²) in [5.41, 5.74) is 34.9. The number of furan rings is 5. The normalized spacial score (nSPS) is 12.0. The molecule has 27 aromatic rings. The van der Waals surface area contributed by atoms with E-state index in [-0.39, 0.29) is 0 Å². The summed E-state index contributed by atoms with van der Waals surface area (Å²) >= 11 is 0. The van der Waals surface area contributed by atoms with Crippen molar-refractivity contribution in [1.29, 1.82) is 0 Å². The van der Waals surface area contributed by atoms with Crippen LogP contribution < -0.4 is 0 Å². The van der Waals surface area contributed by atoms with Gasteiger partial charge in [0.05, 0.1) is 22.8 Å². The third-order valence-corrected chi connectivity index (χ3v) is 26.9. The lowest BCUT2D eigenvalue weighted by Crippen LogP contribution is -1.94. The van der Waals surface area contributed by atoms with Gasteiger partial charge in [0.15, 0.2) is 0 Å². The molecule has 608 valence electrons. The quantitative estimate of drug-likeness (QED) is 0.106. The number of nitrogens with zero attached hydrogens (tertiary/aromatic N) is 2. The molecule has 0 atom stereocenters. The van der Waals surface area contributed by atoms with Crippen LogP contribution >= 0.6 is 0 Å². The van der Waals surface area contributed by atoms with Gasteiger partial charge in [-0.25, -0.2) is 9.97 Å². The molecule has 0 aliphatic rings. The first kappa shape index (κ1) is 73.8. The van der Waals surface area contributed by atoms with Crippen LogP contribution in [0, 0.1) is 0 Å². The minimum atomic E-state index is 0.793. The van der Waals surface area contributed by atoms with Crippen LogP contribution in [0.5, 0.6) is 0 Å². The molecular weight excluding hydrogens is 1600 g/mol. The van der Waals surface area contributed by atoms with E-state index >= 15 is 0 Å². The number of fused-ring (bicyclic) bond motifs is 21. The van der Waals surface area contributed by atoms with Crippen molar-refractivity contribution in [3.63, 3.8) is 0 Å². The third-order valence-electron chi connectivity index (χ3n) is 26.9. The molecule has 20 aromatic carbocycles. The van der Waals surface area contributed by atoms with Gasteiger partial charge in [-0.1, -0.05) is 297 Å². The molecular formula is C124H72N2O5. The van der Waals surface area contributed by atoms with E-state index in [1.165, 1.54) is 32.3 Å².